The number of nitrogens with one attached hydrogen (secondary N) is 3. The number of likely N-dealkylation sites (tertiary alicyclic amines) is 1. The Kier molecular flexibility index (Phi) is 31.3. The summed E-state index contributed by atoms with van der Waals surface area (Å²) in [6, 6.07) is -4.93. The van der Waals surface area contributed by atoms with Crippen molar-refractivity contribution < 1.29 is 70.7 Å². The minimum Gasteiger partial charge on any atom is -0.354 e. The van der Waals surface area contributed by atoms with E-state index in [1.807, 2.05) is 20.8 Å². The van der Waals surface area contributed by atoms with Crippen LogP contribution in [0.3, 0.4) is 0 Å². The van der Waals surface area contributed by atoms with Crippen LogP contribution in [0, 0.1) is 23.7 Å². The summed E-state index contributed by atoms with van der Waals surface area (Å²) in [7, 11) is 10.1. The Labute approximate surface area is 594 Å². The summed E-state index contributed by atoms with van der Waals surface area (Å²) in [5.41, 5.74) is -0.727. The molecular weight excluding hydrogens is 1320 g/mol. The number of halogens is 4. The number of rotatable bonds is 11. The maximum absolute atomic E-state index is 15.3. The van der Waals surface area contributed by atoms with Crippen molar-refractivity contribution in [2.24, 2.45) is 23.7 Å². The number of alkyl halides is 3. The van der Waals surface area contributed by atoms with E-state index in [4.69, 9.17) is 11.6 Å². The number of likely N-dealkylation sites (N-methyl/N-ethyl adjacent to an activating group) is 7. The molecule has 3 heterocycles. The van der Waals surface area contributed by atoms with E-state index in [9.17, 15) is 65.9 Å². The third kappa shape index (κ3) is 22.5. The third-order valence-corrected chi connectivity index (χ3v) is 21.6. The molecule has 0 radical (unpaired) electrons. The Morgan fingerprint density at radius 1 is 0.600 bits per heavy atom. The molecule has 1 aromatic rings. The Balaban J connectivity index is 1.34. The molecule has 100 heavy (non-hydrogen) atoms. The van der Waals surface area contributed by atoms with Gasteiger partial charge in [0.15, 0.2) is 0 Å². The first-order valence-electron chi connectivity index (χ1n) is 36.4. The van der Waals surface area contributed by atoms with Gasteiger partial charge in [-0.25, -0.2) is 0 Å². The molecule has 6 rings (SSSR count). The van der Waals surface area contributed by atoms with Crippen molar-refractivity contribution in [1.29, 1.82) is 0 Å². The lowest BCUT2D eigenvalue weighted by Gasteiger charge is -2.41. The summed E-state index contributed by atoms with van der Waals surface area (Å²) in [5.74, 6) is -7.87. The maximum Gasteiger partial charge on any atom is 0.417 e. The Hall–Kier alpha value is -7.06. The van der Waals surface area contributed by atoms with Gasteiger partial charge >= 0.3 is 6.18 Å². The fourth-order valence-electron chi connectivity index (χ4n) is 14.8. The molecule has 2 aliphatic carbocycles. The highest BCUT2D eigenvalue weighted by molar-refractivity contribution is 6.31. The lowest BCUT2D eigenvalue weighted by molar-refractivity contribution is -0.155. The van der Waals surface area contributed by atoms with Gasteiger partial charge in [-0.05, 0) is 125 Å². The molecule has 2 saturated carbocycles. The van der Waals surface area contributed by atoms with Crippen LogP contribution >= 0.6 is 11.6 Å². The molecule has 28 heteroatoms. The fraction of sp³-hybridized carbons (Fsp3) is 0.750. The van der Waals surface area contributed by atoms with Crippen molar-refractivity contribution >= 4 is 82.5 Å². The summed E-state index contributed by atoms with van der Waals surface area (Å²) >= 11 is 6.11. The van der Waals surface area contributed by atoms with Crippen molar-refractivity contribution in [3.8, 4) is 0 Å². The van der Waals surface area contributed by atoms with Gasteiger partial charge in [0.25, 0.3) is 0 Å². The predicted molar refractivity (Wildman–Crippen MR) is 371 cm³/mol. The van der Waals surface area contributed by atoms with Crippen molar-refractivity contribution in [3.05, 3.63) is 34.3 Å². The van der Waals surface area contributed by atoms with Gasteiger partial charge in [0.05, 0.1) is 36.6 Å². The average molecular weight is 1430 g/mol. The van der Waals surface area contributed by atoms with Crippen molar-refractivity contribution in [1.82, 2.24) is 60.0 Å². The molecule has 0 bridgehead atoms. The van der Waals surface area contributed by atoms with Crippen LogP contribution in [0.5, 0.6) is 0 Å². The third-order valence-electron chi connectivity index (χ3n) is 21.3. The number of carbonyl (C=O) groups excluding carboxylic acids is 12. The molecular formula is C72H112ClF3N12O12. The second kappa shape index (κ2) is 38.3. The van der Waals surface area contributed by atoms with E-state index < -0.39 is 156 Å². The van der Waals surface area contributed by atoms with E-state index in [0.717, 1.165) is 97.5 Å². The first-order chi connectivity index (χ1) is 47.2. The Morgan fingerprint density at radius 3 is 1.83 bits per heavy atom. The number of piperidine rings is 1. The van der Waals surface area contributed by atoms with Gasteiger partial charge in [-0.2, -0.15) is 13.2 Å². The van der Waals surface area contributed by atoms with Crippen LogP contribution in [0.4, 0.5) is 13.2 Å². The quantitative estimate of drug-likeness (QED) is 0.221. The number of fused-ring (bicyclic) bond motifs is 1. The standard InChI is InChI=1S/C72H112ClF3N12O12/c1-12-47(4)63-70(99)82(7)44-61(92)80(5)45-62(93)84(9)56(41-48-25-16-13-17-26-48)68(97)81(6)43-58(89)78-53(34-32-49-31-33-51(52(73)40-49)72(74,75)76)67(96)88-38-24-29-54(88)65(94)77-35-21-20-30-59(90)86(11)64(50-27-18-14-19-28-50)71(100)85(10)57(69(98)87-36-22-15-23-37-87)42-60(91)83(8)55(39-46(2)3)66(95)79-63/h31,33,40,46-48,50,53-57,63-64H,12-30,32,34-39,41-45H2,1-11H3,(H,77,94)(H,78,89)(H,79,95)/t47-,53-,54-,55-,56-,57-,63?,64-/m0/s1. The van der Waals surface area contributed by atoms with E-state index in [0.29, 0.717) is 50.8 Å². The molecule has 5 fully saturated rings. The van der Waals surface area contributed by atoms with Crippen molar-refractivity contribution in [3.63, 3.8) is 0 Å². The normalized spacial score (nSPS) is 26.1. The molecule has 3 N–H and O–H groups in total. The highest BCUT2D eigenvalue weighted by atomic mass is 35.5. The number of hydrogen-bond acceptors (Lipinski definition) is 12. The van der Waals surface area contributed by atoms with E-state index in [1.54, 1.807) is 18.9 Å². The molecule has 3 aliphatic heterocycles. The molecule has 12 amide bonds. The molecule has 560 valence electrons. The molecule has 8 atom stereocenters. The van der Waals surface area contributed by atoms with Gasteiger partial charge < -0.3 is 60.0 Å². The fourth-order valence-corrected chi connectivity index (χ4v) is 15.1. The number of hydrogen-bond donors (Lipinski definition) is 3. The van der Waals surface area contributed by atoms with Crippen LogP contribution in [-0.4, -0.2) is 252 Å². The summed E-state index contributed by atoms with van der Waals surface area (Å²) in [4.78, 5) is 187. The van der Waals surface area contributed by atoms with Crippen molar-refractivity contribution in [2.45, 2.75) is 230 Å². The highest BCUT2D eigenvalue weighted by Crippen LogP contribution is 2.36. The van der Waals surface area contributed by atoms with E-state index in [1.165, 1.54) is 72.9 Å². The van der Waals surface area contributed by atoms with Gasteiger partial charge in [-0.15, -0.1) is 0 Å². The average Bonchev–Trinajstić information content (AvgIpc) is 0.932. The van der Waals surface area contributed by atoms with Gasteiger partial charge in [-0.1, -0.05) is 103 Å². The number of carbonyl (C=O) groups is 12. The minimum absolute atomic E-state index is 0.0170. The Bertz CT molecular complexity index is 3030. The Morgan fingerprint density at radius 2 is 1.21 bits per heavy atom. The van der Waals surface area contributed by atoms with Crippen LogP contribution < -0.4 is 16.0 Å². The first-order valence-corrected chi connectivity index (χ1v) is 36.7. The lowest BCUT2D eigenvalue weighted by Crippen LogP contribution is -2.60. The van der Waals surface area contributed by atoms with Gasteiger partial charge in [0, 0.05) is 81.9 Å². The molecule has 24 nitrogen and oxygen atoms in total. The molecule has 3 saturated heterocycles. The van der Waals surface area contributed by atoms with E-state index in [2.05, 4.69) is 16.0 Å². The second-order valence-corrected chi connectivity index (χ2v) is 29.6. The van der Waals surface area contributed by atoms with Crippen molar-refractivity contribution in [2.75, 3.05) is 95.1 Å². The van der Waals surface area contributed by atoms with Gasteiger partial charge in [-0.3, -0.25) is 57.5 Å². The van der Waals surface area contributed by atoms with Crippen LogP contribution in [0.15, 0.2) is 18.2 Å². The number of nitrogens with zero attached hydrogens (tertiary/aromatic N) is 9. The second-order valence-electron chi connectivity index (χ2n) is 29.2. The molecule has 0 spiro atoms. The molecule has 1 aromatic carbocycles. The zero-order valence-electron chi connectivity index (χ0n) is 60.9. The van der Waals surface area contributed by atoms with Gasteiger partial charge in [0.2, 0.25) is 70.9 Å². The van der Waals surface area contributed by atoms with Gasteiger partial charge in [0.1, 0.15) is 42.3 Å². The van der Waals surface area contributed by atoms with E-state index >= 15 is 4.79 Å². The monoisotopic (exact) mass is 1430 g/mol. The largest absolute Gasteiger partial charge is 0.417 e. The van der Waals surface area contributed by atoms with E-state index in [-0.39, 0.29) is 81.7 Å². The summed E-state index contributed by atoms with van der Waals surface area (Å²) in [6.07, 6.45) is 7.17. The van der Waals surface area contributed by atoms with Crippen LogP contribution in [0.1, 0.15) is 187 Å². The smallest absolute Gasteiger partial charge is 0.354 e. The highest BCUT2D eigenvalue weighted by Gasteiger charge is 2.45. The summed E-state index contributed by atoms with van der Waals surface area (Å²) in [5, 5.41) is 8.01. The first kappa shape index (κ1) is 81.9. The zero-order chi connectivity index (χ0) is 73.9. The van der Waals surface area contributed by atoms with Crippen LogP contribution in [0.2, 0.25) is 5.02 Å². The SMILES string of the molecule is CC[C@H](C)C1NC(=O)[C@H](CC(C)C)N(C)C(=O)C[C@@H](C(=O)N2CCCCC2)N(C)C(=O)[C@H](C2CCCCC2)N(C)C(=O)CCCCNC(=O)[C@@H]2CCCN2C(=O)[C@H](CCc2ccc(C(F)(F)F)c(Cl)c2)NC(=O)CN(C)C(=O)[C@H](CC2CCCCC2)N(C)C(=O)CN(C)C(=O)CN(C)C1=O. The molecule has 0 aromatic heterocycles. The number of aryl methyl sites for hydroxylation is 1. The van der Waals surface area contributed by atoms with Crippen LogP contribution in [0.25, 0.3) is 0 Å². The topological polar surface area (TPSA) is 270 Å². The van der Waals surface area contributed by atoms with Crippen LogP contribution in [-0.2, 0) is 70.1 Å². The lowest BCUT2D eigenvalue weighted by atomic mass is 9.82. The summed E-state index contributed by atoms with van der Waals surface area (Å²) < 4.78 is 41.3. The maximum atomic E-state index is 15.3. The molecule has 1 unspecified atom stereocenters. The summed E-state index contributed by atoms with van der Waals surface area (Å²) in [6.45, 7) is 6.76. The zero-order valence-corrected chi connectivity index (χ0v) is 61.7. The number of amides is 12. The minimum atomic E-state index is -4.74. The predicted octanol–water partition coefficient (Wildman–Crippen LogP) is 6.28. The molecule has 5 aliphatic rings. The number of benzene rings is 1.